The molecule has 0 aliphatic carbocycles. The minimum atomic E-state index is -0.655. The number of benzene rings is 1. The van der Waals surface area contributed by atoms with Crippen LogP contribution in [-0.4, -0.2) is 53.3 Å². The molecule has 0 saturated carbocycles. The number of nitrogens with one attached hydrogen (secondary N) is 2. The minimum absolute atomic E-state index is 0.0189. The lowest BCUT2D eigenvalue weighted by Gasteiger charge is -2.35. The molecule has 1 aromatic carbocycles. The fourth-order valence-corrected chi connectivity index (χ4v) is 4.16. The van der Waals surface area contributed by atoms with Crippen LogP contribution in [-0.2, 0) is 16.0 Å². The Hall–Kier alpha value is -2.93. The van der Waals surface area contributed by atoms with Gasteiger partial charge in [0.1, 0.15) is 6.04 Å². The molecule has 2 heterocycles. The van der Waals surface area contributed by atoms with Crippen LogP contribution in [0.25, 0.3) is 0 Å². The average molecular weight is 471 g/mol. The summed E-state index contributed by atoms with van der Waals surface area (Å²) in [6, 6.07) is 11.8. The molecule has 1 saturated heterocycles. The van der Waals surface area contributed by atoms with E-state index in [0.29, 0.717) is 49.5 Å². The third-order valence-electron chi connectivity index (χ3n) is 5.92. The third kappa shape index (κ3) is 6.78. The summed E-state index contributed by atoms with van der Waals surface area (Å²) >= 11 is 6.13. The smallest absolute Gasteiger partial charge is 0.253 e. The minimum Gasteiger partial charge on any atom is -0.355 e. The first kappa shape index (κ1) is 24.7. The largest absolute Gasteiger partial charge is 0.355 e. The lowest BCUT2D eigenvalue weighted by atomic mass is 9.94. The van der Waals surface area contributed by atoms with Crippen LogP contribution in [0.5, 0.6) is 0 Å². The van der Waals surface area contributed by atoms with Crippen LogP contribution in [0.2, 0.25) is 5.02 Å². The Balaban J connectivity index is 1.49. The number of hydrogen-bond donors (Lipinski definition) is 2. The van der Waals surface area contributed by atoms with Gasteiger partial charge in [-0.15, -0.1) is 0 Å². The van der Waals surface area contributed by atoms with E-state index in [9.17, 15) is 14.4 Å². The molecule has 0 bridgehead atoms. The van der Waals surface area contributed by atoms with Gasteiger partial charge in [-0.3, -0.25) is 19.4 Å². The van der Waals surface area contributed by atoms with E-state index in [1.54, 1.807) is 35.4 Å². The molecule has 33 heavy (non-hydrogen) atoms. The summed E-state index contributed by atoms with van der Waals surface area (Å²) in [4.78, 5) is 44.4. The highest BCUT2D eigenvalue weighted by molar-refractivity contribution is 6.33. The number of halogens is 1. The first-order valence-corrected chi connectivity index (χ1v) is 11.8. The van der Waals surface area contributed by atoms with E-state index in [-0.39, 0.29) is 29.6 Å². The van der Waals surface area contributed by atoms with E-state index in [1.807, 2.05) is 32.0 Å². The van der Waals surface area contributed by atoms with Crippen molar-refractivity contribution in [3.8, 4) is 0 Å². The summed E-state index contributed by atoms with van der Waals surface area (Å²) in [6.45, 7) is 5.32. The quantitative estimate of drug-likeness (QED) is 0.620. The topological polar surface area (TPSA) is 91.4 Å². The fourth-order valence-electron chi connectivity index (χ4n) is 3.94. The van der Waals surface area contributed by atoms with E-state index in [2.05, 4.69) is 15.6 Å². The monoisotopic (exact) mass is 470 g/mol. The van der Waals surface area contributed by atoms with Crippen LogP contribution in [0.15, 0.2) is 48.7 Å². The number of rotatable bonds is 8. The zero-order chi connectivity index (χ0) is 23.8. The number of pyridine rings is 1. The number of carbonyl (C=O) groups excluding carboxylic acids is 3. The number of nitrogens with zero attached hydrogens (tertiary/aromatic N) is 2. The zero-order valence-corrected chi connectivity index (χ0v) is 19.8. The number of piperidine rings is 1. The van der Waals surface area contributed by atoms with Crippen LogP contribution in [0.1, 0.15) is 42.7 Å². The van der Waals surface area contributed by atoms with E-state index >= 15 is 0 Å². The fraction of sp³-hybridized carbons (Fsp3) is 0.440. The van der Waals surface area contributed by atoms with E-state index < -0.39 is 6.04 Å². The van der Waals surface area contributed by atoms with Crippen molar-refractivity contribution in [3.05, 3.63) is 64.9 Å². The SMILES string of the molecule is CC(C)C(NC(=O)c1ccccc1Cl)C(=O)N1CCC(C(=O)NCCc2ccccn2)CC1. The second kappa shape index (κ2) is 11.8. The van der Waals surface area contributed by atoms with Crippen molar-refractivity contribution in [2.24, 2.45) is 11.8 Å². The van der Waals surface area contributed by atoms with Gasteiger partial charge in [0.15, 0.2) is 0 Å². The molecule has 1 unspecified atom stereocenters. The maximum Gasteiger partial charge on any atom is 0.253 e. The van der Waals surface area contributed by atoms with Crippen molar-refractivity contribution in [1.29, 1.82) is 0 Å². The Kier molecular flexibility index (Phi) is 8.83. The lowest BCUT2D eigenvalue weighted by molar-refractivity contribution is -0.138. The Labute approximate surface area is 199 Å². The summed E-state index contributed by atoms with van der Waals surface area (Å²) in [5, 5.41) is 6.18. The molecule has 176 valence electrons. The average Bonchev–Trinajstić information content (AvgIpc) is 2.82. The van der Waals surface area contributed by atoms with Gasteiger partial charge >= 0.3 is 0 Å². The van der Waals surface area contributed by atoms with Crippen molar-refractivity contribution >= 4 is 29.3 Å². The maximum absolute atomic E-state index is 13.2. The molecule has 1 fully saturated rings. The molecule has 8 heteroatoms. The number of amides is 3. The number of aromatic nitrogens is 1. The zero-order valence-electron chi connectivity index (χ0n) is 19.1. The van der Waals surface area contributed by atoms with Crippen LogP contribution in [0.3, 0.4) is 0 Å². The third-order valence-corrected chi connectivity index (χ3v) is 6.25. The predicted molar refractivity (Wildman–Crippen MR) is 128 cm³/mol. The van der Waals surface area contributed by atoms with Gasteiger partial charge < -0.3 is 15.5 Å². The highest BCUT2D eigenvalue weighted by Gasteiger charge is 2.33. The molecule has 7 nitrogen and oxygen atoms in total. The van der Waals surface area contributed by atoms with Crippen molar-refractivity contribution in [3.63, 3.8) is 0 Å². The highest BCUT2D eigenvalue weighted by atomic mass is 35.5. The van der Waals surface area contributed by atoms with Crippen molar-refractivity contribution < 1.29 is 14.4 Å². The Bertz CT molecular complexity index is 959. The summed E-state index contributed by atoms with van der Waals surface area (Å²) in [5.74, 6) is -0.677. The Morgan fingerprint density at radius 1 is 1.09 bits per heavy atom. The molecular weight excluding hydrogens is 440 g/mol. The van der Waals surface area contributed by atoms with Crippen molar-refractivity contribution in [1.82, 2.24) is 20.5 Å². The summed E-state index contributed by atoms with van der Waals surface area (Å²) in [7, 11) is 0. The Morgan fingerprint density at radius 3 is 2.42 bits per heavy atom. The molecule has 2 N–H and O–H groups in total. The van der Waals surface area contributed by atoms with Gasteiger partial charge in [0, 0.05) is 43.9 Å². The highest BCUT2D eigenvalue weighted by Crippen LogP contribution is 2.20. The van der Waals surface area contributed by atoms with Gasteiger partial charge in [0.2, 0.25) is 11.8 Å². The molecule has 0 spiro atoms. The molecule has 0 radical (unpaired) electrons. The van der Waals surface area contributed by atoms with Crippen LogP contribution in [0, 0.1) is 11.8 Å². The molecule has 3 rings (SSSR count). The first-order chi connectivity index (χ1) is 15.9. The van der Waals surface area contributed by atoms with Crippen molar-refractivity contribution in [2.45, 2.75) is 39.2 Å². The maximum atomic E-state index is 13.2. The predicted octanol–water partition coefficient (Wildman–Crippen LogP) is 3.09. The van der Waals surface area contributed by atoms with Crippen LogP contribution >= 0.6 is 11.6 Å². The molecule has 1 atom stereocenters. The van der Waals surface area contributed by atoms with Gasteiger partial charge in [-0.2, -0.15) is 0 Å². The van der Waals surface area contributed by atoms with Crippen molar-refractivity contribution in [2.75, 3.05) is 19.6 Å². The number of hydrogen-bond acceptors (Lipinski definition) is 4. The lowest BCUT2D eigenvalue weighted by Crippen LogP contribution is -2.53. The standard InChI is InChI=1S/C25H31ClN4O3/c1-17(2)22(29-24(32)20-8-3-4-9-21(20)26)25(33)30-15-11-18(12-16-30)23(31)28-14-10-19-7-5-6-13-27-19/h3-9,13,17-18,22H,10-12,14-16H2,1-2H3,(H,28,31)(H,29,32). The second-order valence-corrected chi connectivity index (χ2v) is 9.04. The molecule has 1 aliphatic heterocycles. The molecule has 3 amide bonds. The molecular formula is C25H31ClN4O3. The molecule has 2 aromatic rings. The normalized spacial score (nSPS) is 15.2. The van der Waals surface area contributed by atoms with Crippen LogP contribution < -0.4 is 10.6 Å². The van der Waals surface area contributed by atoms with Gasteiger partial charge in [0.05, 0.1) is 10.6 Å². The molecule has 1 aliphatic rings. The van der Waals surface area contributed by atoms with Gasteiger partial charge in [-0.25, -0.2) is 0 Å². The number of carbonyl (C=O) groups is 3. The van der Waals surface area contributed by atoms with Gasteiger partial charge in [-0.1, -0.05) is 43.6 Å². The Morgan fingerprint density at radius 2 is 1.79 bits per heavy atom. The summed E-state index contributed by atoms with van der Waals surface area (Å²) < 4.78 is 0. The van der Waals surface area contributed by atoms with E-state index in [4.69, 9.17) is 11.6 Å². The van der Waals surface area contributed by atoms with E-state index in [1.165, 1.54) is 0 Å². The first-order valence-electron chi connectivity index (χ1n) is 11.4. The second-order valence-electron chi connectivity index (χ2n) is 8.64. The molecule has 1 aromatic heterocycles. The van der Waals surface area contributed by atoms with Crippen LogP contribution in [0.4, 0.5) is 0 Å². The van der Waals surface area contributed by atoms with Gasteiger partial charge in [0.25, 0.3) is 5.91 Å². The number of likely N-dealkylation sites (tertiary alicyclic amines) is 1. The summed E-state index contributed by atoms with van der Waals surface area (Å²) in [6.07, 6.45) is 3.63. The summed E-state index contributed by atoms with van der Waals surface area (Å²) in [5.41, 5.74) is 1.29. The van der Waals surface area contributed by atoms with E-state index in [0.717, 1.165) is 5.69 Å². The van der Waals surface area contributed by atoms with Gasteiger partial charge in [-0.05, 0) is 43.0 Å².